The molecule has 1 amide bonds. The minimum absolute atomic E-state index is 0.0456. The van der Waals surface area contributed by atoms with Gasteiger partial charge in [-0.2, -0.15) is 13.2 Å². The second kappa shape index (κ2) is 10.5. The molecule has 3 aliphatic rings. The van der Waals surface area contributed by atoms with Gasteiger partial charge in [0.15, 0.2) is 0 Å². The third-order valence-electron chi connectivity index (χ3n) is 5.75. The molecule has 0 unspecified atom stereocenters. The summed E-state index contributed by atoms with van der Waals surface area (Å²) in [6.07, 6.45) is -2.15. The van der Waals surface area contributed by atoms with E-state index >= 15 is 0 Å². The van der Waals surface area contributed by atoms with E-state index in [9.17, 15) is 18.0 Å². The standard InChI is InChI=1S/C19H26N2O4.C2HF3O2/c1-23-16-5-3-14(4-6-16)12-20-13-15(11-18-17(20)7-10-24-18)19(22)21-8-2-9-25-21;3-2(4,5)1(6)7/h3-6,15,17-18H,2,7-13H2,1H3;(H,6,7)/t15-,17+,18+;/m0./s1. The van der Waals surface area contributed by atoms with Crippen molar-refractivity contribution in [2.45, 2.75) is 44.1 Å². The lowest BCUT2D eigenvalue weighted by molar-refractivity contribution is -0.192. The predicted octanol–water partition coefficient (Wildman–Crippen LogP) is 2.47. The van der Waals surface area contributed by atoms with Crippen molar-refractivity contribution < 1.29 is 42.2 Å². The van der Waals surface area contributed by atoms with E-state index in [0.29, 0.717) is 19.2 Å². The van der Waals surface area contributed by atoms with E-state index in [0.717, 1.165) is 44.7 Å². The van der Waals surface area contributed by atoms with Gasteiger partial charge in [0.25, 0.3) is 5.91 Å². The molecular weight excluding hydrogens is 433 g/mol. The molecule has 0 aromatic heterocycles. The number of benzene rings is 1. The van der Waals surface area contributed by atoms with Crippen LogP contribution in [0.4, 0.5) is 13.2 Å². The van der Waals surface area contributed by atoms with Crippen LogP contribution in [0.2, 0.25) is 0 Å². The lowest BCUT2D eigenvalue weighted by Gasteiger charge is -2.41. The molecule has 0 saturated carbocycles. The Hall–Kier alpha value is -2.37. The fraction of sp³-hybridized carbons (Fsp3) is 0.619. The van der Waals surface area contributed by atoms with Gasteiger partial charge in [0.05, 0.1) is 32.3 Å². The first-order valence-electron chi connectivity index (χ1n) is 10.4. The number of carbonyl (C=O) groups is 2. The molecule has 0 bridgehead atoms. The third-order valence-corrected chi connectivity index (χ3v) is 5.75. The van der Waals surface area contributed by atoms with Crippen molar-refractivity contribution in [1.29, 1.82) is 0 Å². The SMILES string of the molecule is COc1ccc(CN2C[C@@H](C(=O)N3CCCO3)C[C@H]3OCC[C@H]32)cc1.O=C(O)C(F)(F)F. The maximum atomic E-state index is 12.8. The van der Waals surface area contributed by atoms with Crippen LogP contribution in [0.15, 0.2) is 24.3 Å². The fourth-order valence-electron chi connectivity index (χ4n) is 4.20. The minimum Gasteiger partial charge on any atom is -0.497 e. The Morgan fingerprint density at radius 1 is 1.22 bits per heavy atom. The number of fused-ring (bicyclic) bond motifs is 1. The molecule has 1 aromatic carbocycles. The van der Waals surface area contributed by atoms with Crippen molar-refractivity contribution in [3.8, 4) is 5.75 Å². The average molecular weight is 460 g/mol. The molecule has 11 heteroatoms. The molecule has 3 heterocycles. The summed E-state index contributed by atoms with van der Waals surface area (Å²) in [7, 11) is 1.68. The molecule has 0 aliphatic carbocycles. The highest BCUT2D eigenvalue weighted by atomic mass is 19.4. The minimum atomic E-state index is -5.08. The number of halogens is 3. The summed E-state index contributed by atoms with van der Waals surface area (Å²) >= 11 is 0. The number of methoxy groups -OCH3 is 1. The summed E-state index contributed by atoms with van der Waals surface area (Å²) < 4.78 is 42.9. The summed E-state index contributed by atoms with van der Waals surface area (Å²) in [5.41, 5.74) is 1.23. The van der Waals surface area contributed by atoms with Gasteiger partial charge in [0.1, 0.15) is 5.75 Å². The summed E-state index contributed by atoms with van der Waals surface area (Å²) in [5, 5.41) is 8.69. The zero-order valence-electron chi connectivity index (χ0n) is 17.7. The van der Waals surface area contributed by atoms with Gasteiger partial charge in [0.2, 0.25) is 0 Å². The molecular formula is C21H27F3N2O6. The molecule has 32 heavy (non-hydrogen) atoms. The van der Waals surface area contributed by atoms with Gasteiger partial charge >= 0.3 is 12.1 Å². The summed E-state index contributed by atoms with van der Waals surface area (Å²) in [6.45, 7) is 3.75. The number of carboxylic acid groups (broad SMARTS) is 1. The lowest BCUT2D eigenvalue weighted by atomic mass is 9.89. The highest BCUT2D eigenvalue weighted by molar-refractivity contribution is 5.78. The van der Waals surface area contributed by atoms with Gasteiger partial charge in [-0.05, 0) is 37.0 Å². The Kier molecular flexibility index (Phi) is 7.96. The number of hydrogen-bond acceptors (Lipinski definition) is 6. The van der Waals surface area contributed by atoms with Crippen LogP contribution >= 0.6 is 0 Å². The average Bonchev–Trinajstić information content (AvgIpc) is 3.45. The number of rotatable bonds is 4. The summed E-state index contributed by atoms with van der Waals surface area (Å²) in [6, 6.07) is 8.58. The molecule has 4 rings (SSSR count). The van der Waals surface area contributed by atoms with Gasteiger partial charge < -0.3 is 14.6 Å². The number of hydrogen-bond donors (Lipinski definition) is 1. The topological polar surface area (TPSA) is 88.5 Å². The second-order valence-corrected chi connectivity index (χ2v) is 7.91. The molecule has 178 valence electrons. The first kappa shape index (κ1) is 24.3. The van der Waals surface area contributed by atoms with E-state index in [4.69, 9.17) is 24.2 Å². The maximum absolute atomic E-state index is 12.8. The Morgan fingerprint density at radius 2 is 1.91 bits per heavy atom. The van der Waals surface area contributed by atoms with E-state index < -0.39 is 12.1 Å². The van der Waals surface area contributed by atoms with Gasteiger partial charge in [0, 0.05) is 25.7 Å². The van der Waals surface area contributed by atoms with Crippen LogP contribution in [0.25, 0.3) is 0 Å². The molecule has 0 radical (unpaired) electrons. The number of ether oxygens (including phenoxy) is 2. The number of carbonyl (C=O) groups excluding carboxylic acids is 1. The molecule has 1 aromatic rings. The first-order valence-corrected chi connectivity index (χ1v) is 10.4. The number of aliphatic carboxylic acids is 1. The zero-order chi connectivity index (χ0) is 23.3. The number of piperidine rings is 1. The first-order chi connectivity index (χ1) is 15.2. The van der Waals surface area contributed by atoms with E-state index in [-0.39, 0.29) is 17.9 Å². The number of carboxylic acids is 1. The Morgan fingerprint density at radius 3 is 2.47 bits per heavy atom. The van der Waals surface area contributed by atoms with E-state index in [1.54, 1.807) is 12.2 Å². The monoisotopic (exact) mass is 460 g/mol. The van der Waals surface area contributed by atoms with Crippen molar-refractivity contribution >= 4 is 11.9 Å². The van der Waals surface area contributed by atoms with Crippen LogP contribution in [-0.2, 0) is 25.7 Å². The molecule has 0 spiro atoms. The fourth-order valence-corrected chi connectivity index (χ4v) is 4.20. The van der Waals surface area contributed by atoms with Crippen molar-refractivity contribution in [3.63, 3.8) is 0 Å². The van der Waals surface area contributed by atoms with E-state index in [1.807, 2.05) is 12.1 Å². The van der Waals surface area contributed by atoms with Gasteiger partial charge in [-0.15, -0.1) is 0 Å². The van der Waals surface area contributed by atoms with Crippen LogP contribution in [0.1, 0.15) is 24.8 Å². The van der Waals surface area contributed by atoms with Crippen molar-refractivity contribution in [2.75, 3.05) is 33.4 Å². The molecule has 8 nitrogen and oxygen atoms in total. The van der Waals surface area contributed by atoms with Gasteiger partial charge in [-0.25, -0.2) is 9.86 Å². The maximum Gasteiger partial charge on any atom is 0.490 e. The normalized spacial score (nSPS) is 25.6. The van der Waals surface area contributed by atoms with Crippen LogP contribution in [0.3, 0.4) is 0 Å². The van der Waals surface area contributed by atoms with Crippen LogP contribution in [-0.4, -0.2) is 78.7 Å². The van der Waals surface area contributed by atoms with E-state index in [2.05, 4.69) is 17.0 Å². The van der Waals surface area contributed by atoms with Crippen molar-refractivity contribution in [3.05, 3.63) is 29.8 Å². The molecule has 3 atom stereocenters. The highest BCUT2D eigenvalue weighted by Crippen LogP contribution is 2.33. The van der Waals surface area contributed by atoms with Gasteiger partial charge in [-0.3, -0.25) is 14.5 Å². The van der Waals surface area contributed by atoms with Crippen LogP contribution < -0.4 is 4.74 Å². The molecule has 3 saturated heterocycles. The molecule has 3 aliphatic heterocycles. The largest absolute Gasteiger partial charge is 0.497 e. The number of alkyl halides is 3. The highest BCUT2D eigenvalue weighted by Gasteiger charge is 2.43. The van der Waals surface area contributed by atoms with Crippen molar-refractivity contribution in [2.24, 2.45) is 5.92 Å². The molecule has 3 fully saturated rings. The Bertz CT molecular complexity index is 783. The number of nitrogens with zero attached hydrogens (tertiary/aromatic N) is 2. The Labute approximate surface area is 183 Å². The summed E-state index contributed by atoms with van der Waals surface area (Å²) in [5.74, 6) is -1.82. The molecule has 1 N–H and O–H groups in total. The van der Waals surface area contributed by atoms with Crippen LogP contribution in [0, 0.1) is 5.92 Å². The van der Waals surface area contributed by atoms with Crippen molar-refractivity contribution in [1.82, 2.24) is 9.96 Å². The Balaban J connectivity index is 0.000000360. The quantitative estimate of drug-likeness (QED) is 0.739. The van der Waals surface area contributed by atoms with Crippen LogP contribution in [0.5, 0.6) is 5.75 Å². The number of likely N-dealkylation sites (tertiary alicyclic amines) is 1. The number of hydroxylamine groups is 2. The smallest absolute Gasteiger partial charge is 0.490 e. The number of amides is 1. The van der Waals surface area contributed by atoms with E-state index in [1.165, 1.54) is 5.56 Å². The summed E-state index contributed by atoms with van der Waals surface area (Å²) in [4.78, 5) is 29.6. The third kappa shape index (κ3) is 6.11. The van der Waals surface area contributed by atoms with Gasteiger partial charge in [-0.1, -0.05) is 12.1 Å². The predicted molar refractivity (Wildman–Crippen MR) is 106 cm³/mol. The lowest BCUT2D eigenvalue weighted by Crippen LogP contribution is -2.52. The second-order valence-electron chi connectivity index (χ2n) is 7.91. The zero-order valence-corrected chi connectivity index (χ0v) is 17.7.